The highest BCUT2D eigenvalue weighted by Gasteiger charge is 2.09. The number of aromatic nitrogens is 1. The number of halogens is 2. The molecule has 132 valence electrons. The lowest BCUT2D eigenvalue weighted by atomic mass is 10.1. The molecule has 2 aromatic carbocycles. The van der Waals surface area contributed by atoms with Gasteiger partial charge in [-0.3, -0.25) is 9.78 Å². The molecule has 0 bridgehead atoms. The molecule has 4 nitrogen and oxygen atoms in total. The molecule has 0 aliphatic heterocycles. The normalized spacial score (nSPS) is 10.4. The molecule has 0 aliphatic carbocycles. The Balaban J connectivity index is 1.66. The van der Waals surface area contributed by atoms with Gasteiger partial charge in [0.25, 0.3) is 5.91 Å². The van der Waals surface area contributed by atoms with Gasteiger partial charge in [-0.2, -0.15) is 0 Å². The predicted molar refractivity (Wildman–Crippen MR) is 96.2 cm³/mol. The fraction of sp³-hybridized carbons (Fsp3) is 0.100. The number of carbonyl (C=O) groups excluding carboxylic acids is 1. The summed E-state index contributed by atoms with van der Waals surface area (Å²) in [7, 11) is 0. The van der Waals surface area contributed by atoms with Crippen molar-refractivity contribution in [2.45, 2.75) is 13.5 Å². The maximum absolute atomic E-state index is 13.3. The van der Waals surface area contributed by atoms with Crippen LogP contribution in [0.1, 0.15) is 21.6 Å². The van der Waals surface area contributed by atoms with Crippen molar-refractivity contribution in [1.29, 1.82) is 0 Å². The lowest BCUT2D eigenvalue weighted by Gasteiger charge is -2.09. The van der Waals surface area contributed by atoms with Crippen LogP contribution in [-0.4, -0.2) is 10.9 Å². The minimum atomic E-state index is -0.944. The second kappa shape index (κ2) is 7.74. The van der Waals surface area contributed by atoms with Gasteiger partial charge in [-0.1, -0.05) is 29.8 Å². The van der Waals surface area contributed by atoms with Gasteiger partial charge in [-0.05, 0) is 36.8 Å². The Hall–Kier alpha value is -3.28. The summed E-state index contributed by atoms with van der Waals surface area (Å²) < 4.78 is 26.3. The number of hydrogen-bond donors (Lipinski definition) is 2. The summed E-state index contributed by atoms with van der Waals surface area (Å²) in [5, 5.41) is 5.72. The third-order valence-corrected chi connectivity index (χ3v) is 3.77. The number of rotatable bonds is 5. The van der Waals surface area contributed by atoms with Crippen LogP contribution < -0.4 is 10.6 Å². The summed E-state index contributed by atoms with van der Waals surface area (Å²) in [5.41, 5.74) is 3.29. The minimum absolute atomic E-state index is 0.227. The number of carbonyl (C=O) groups is 1. The number of aryl methyl sites for hydroxylation is 1. The molecule has 3 aromatic rings. The first-order chi connectivity index (χ1) is 12.5. The molecule has 2 N–H and O–H groups in total. The molecule has 0 radical (unpaired) electrons. The molecule has 0 aliphatic rings. The number of benzene rings is 2. The largest absolute Gasteiger partial charge is 0.355 e. The summed E-state index contributed by atoms with van der Waals surface area (Å²) >= 11 is 0. The number of amides is 1. The Bertz CT molecular complexity index is 927. The van der Waals surface area contributed by atoms with E-state index in [1.807, 2.05) is 31.2 Å². The number of nitrogens with zero attached hydrogens (tertiary/aromatic N) is 1. The smallest absolute Gasteiger partial charge is 0.270 e. The second-order valence-electron chi connectivity index (χ2n) is 5.85. The molecule has 26 heavy (non-hydrogen) atoms. The van der Waals surface area contributed by atoms with Crippen LogP contribution >= 0.6 is 0 Å². The van der Waals surface area contributed by atoms with Crippen LogP contribution in [0.3, 0.4) is 0 Å². The molecule has 1 aromatic heterocycles. The number of pyridine rings is 1. The van der Waals surface area contributed by atoms with Crippen molar-refractivity contribution in [1.82, 2.24) is 10.3 Å². The molecule has 3 rings (SSSR count). The first-order valence-corrected chi connectivity index (χ1v) is 8.03. The Labute approximate surface area is 149 Å². The van der Waals surface area contributed by atoms with Crippen molar-refractivity contribution in [3.63, 3.8) is 0 Å². The van der Waals surface area contributed by atoms with Crippen LogP contribution in [0.4, 0.5) is 20.2 Å². The molecule has 0 unspecified atom stereocenters. The van der Waals surface area contributed by atoms with E-state index in [0.29, 0.717) is 17.9 Å². The molecule has 0 saturated heterocycles. The van der Waals surface area contributed by atoms with E-state index in [0.717, 1.165) is 23.3 Å². The maximum Gasteiger partial charge on any atom is 0.270 e. The highest BCUT2D eigenvalue weighted by molar-refractivity contribution is 5.93. The molecule has 1 amide bonds. The van der Waals surface area contributed by atoms with Gasteiger partial charge in [0.15, 0.2) is 11.6 Å². The second-order valence-corrected chi connectivity index (χ2v) is 5.85. The zero-order valence-corrected chi connectivity index (χ0v) is 14.1. The Morgan fingerprint density at radius 1 is 0.962 bits per heavy atom. The molecule has 0 saturated carbocycles. The zero-order valence-electron chi connectivity index (χ0n) is 14.1. The Morgan fingerprint density at radius 2 is 1.69 bits per heavy atom. The standard InChI is InChI=1S/C20H17F2N3O/c1-13-2-4-14(5-3-13)12-24-20(26)19-11-16(8-9-23-19)25-15-6-7-17(21)18(22)10-15/h2-11H,12H2,1H3,(H,23,25)(H,24,26). The summed E-state index contributed by atoms with van der Waals surface area (Å²) in [6.07, 6.45) is 1.48. The van der Waals surface area contributed by atoms with Crippen LogP contribution in [0.15, 0.2) is 60.8 Å². The molecule has 1 heterocycles. The first-order valence-electron chi connectivity index (χ1n) is 8.03. The van der Waals surface area contributed by atoms with Gasteiger partial charge in [0.05, 0.1) is 0 Å². The van der Waals surface area contributed by atoms with Crippen LogP contribution in [0, 0.1) is 18.6 Å². The quantitative estimate of drug-likeness (QED) is 0.717. The topological polar surface area (TPSA) is 54.0 Å². The average molecular weight is 353 g/mol. The molecule has 6 heteroatoms. The highest BCUT2D eigenvalue weighted by Crippen LogP contribution is 2.19. The van der Waals surface area contributed by atoms with Crippen molar-refractivity contribution in [3.05, 3.63) is 89.2 Å². The van der Waals surface area contributed by atoms with Crippen molar-refractivity contribution in [2.75, 3.05) is 5.32 Å². The number of hydrogen-bond acceptors (Lipinski definition) is 3. The first kappa shape index (κ1) is 17.5. The van der Waals surface area contributed by atoms with Gasteiger partial charge in [0.1, 0.15) is 5.69 Å². The average Bonchev–Trinajstić information content (AvgIpc) is 2.64. The lowest BCUT2D eigenvalue weighted by molar-refractivity contribution is 0.0946. The fourth-order valence-electron chi connectivity index (χ4n) is 2.35. The lowest BCUT2D eigenvalue weighted by Crippen LogP contribution is -2.23. The molecule has 0 atom stereocenters. The van der Waals surface area contributed by atoms with Gasteiger partial charge in [0.2, 0.25) is 0 Å². The van der Waals surface area contributed by atoms with Crippen LogP contribution in [0.5, 0.6) is 0 Å². The molecular formula is C20H17F2N3O. The Kier molecular flexibility index (Phi) is 5.22. The SMILES string of the molecule is Cc1ccc(CNC(=O)c2cc(Nc3ccc(F)c(F)c3)ccn2)cc1. The summed E-state index contributed by atoms with van der Waals surface area (Å²) in [6.45, 7) is 2.39. The third kappa shape index (κ3) is 4.42. The predicted octanol–water partition coefficient (Wildman–Crippen LogP) is 4.34. The summed E-state index contributed by atoms with van der Waals surface area (Å²) in [4.78, 5) is 16.3. The monoisotopic (exact) mass is 353 g/mol. The molecule has 0 fully saturated rings. The zero-order chi connectivity index (χ0) is 18.5. The van der Waals surface area contributed by atoms with Gasteiger partial charge in [0, 0.05) is 30.2 Å². The van der Waals surface area contributed by atoms with Crippen molar-refractivity contribution in [3.8, 4) is 0 Å². The molecule has 0 spiro atoms. The van der Waals surface area contributed by atoms with Gasteiger partial charge in [-0.15, -0.1) is 0 Å². The van der Waals surface area contributed by atoms with E-state index in [4.69, 9.17) is 0 Å². The highest BCUT2D eigenvalue weighted by atomic mass is 19.2. The Morgan fingerprint density at radius 3 is 2.42 bits per heavy atom. The fourth-order valence-corrected chi connectivity index (χ4v) is 2.35. The van der Waals surface area contributed by atoms with Crippen molar-refractivity contribution < 1.29 is 13.6 Å². The van der Waals surface area contributed by atoms with E-state index < -0.39 is 11.6 Å². The van der Waals surface area contributed by atoms with Gasteiger partial charge >= 0.3 is 0 Å². The van der Waals surface area contributed by atoms with Crippen molar-refractivity contribution >= 4 is 17.3 Å². The van der Waals surface area contributed by atoms with Crippen LogP contribution in [0.25, 0.3) is 0 Å². The van der Waals surface area contributed by atoms with E-state index in [1.54, 1.807) is 12.1 Å². The summed E-state index contributed by atoms with van der Waals surface area (Å²) in [6, 6.07) is 14.5. The number of nitrogens with one attached hydrogen (secondary N) is 2. The van der Waals surface area contributed by atoms with Crippen LogP contribution in [0.2, 0.25) is 0 Å². The van der Waals surface area contributed by atoms with E-state index in [9.17, 15) is 13.6 Å². The number of anilines is 2. The third-order valence-electron chi connectivity index (χ3n) is 3.77. The van der Waals surface area contributed by atoms with Crippen molar-refractivity contribution in [2.24, 2.45) is 0 Å². The van der Waals surface area contributed by atoms with Gasteiger partial charge < -0.3 is 10.6 Å². The van der Waals surface area contributed by atoms with E-state index >= 15 is 0 Å². The molecular weight excluding hydrogens is 336 g/mol. The minimum Gasteiger partial charge on any atom is -0.355 e. The maximum atomic E-state index is 13.3. The van der Waals surface area contributed by atoms with E-state index in [1.165, 1.54) is 12.3 Å². The summed E-state index contributed by atoms with van der Waals surface area (Å²) in [5.74, 6) is -2.18. The van der Waals surface area contributed by atoms with Crippen LogP contribution in [-0.2, 0) is 6.54 Å². The van der Waals surface area contributed by atoms with Gasteiger partial charge in [-0.25, -0.2) is 8.78 Å². The van der Waals surface area contributed by atoms with E-state index in [2.05, 4.69) is 15.6 Å². The van der Waals surface area contributed by atoms with E-state index in [-0.39, 0.29) is 11.6 Å².